The molecular formula is C19H16ClFN2O2. The van der Waals surface area contributed by atoms with Crippen molar-refractivity contribution < 1.29 is 13.9 Å². The van der Waals surface area contributed by atoms with Crippen LogP contribution in [0.2, 0.25) is 5.02 Å². The molecule has 1 aliphatic rings. The van der Waals surface area contributed by atoms with Crippen molar-refractivity contribution in [3.63, 3.8) is 0 Å². The number of hydrogen-bond acceptors (Lipinski definition) is 4. The van der Waals surface area contributed by atoms with Gasteiger partial charge in [-0.25, -0.2) is 14.4 Å². The van der Waals surface area contributed by atoms with Crippen molar-refractivity contribution in [2.24, 2.45) is 5.92 Å². The van der Waals surface area contributed by atoms with Crippen LogP contribution in [0, 0.1) is 23.6 Å². The number of halogens is 2. The number of aromatic nitrogens is 2. The quantitative estimate of drug-likeness (QED) is 0.604. The number of nitrogens with zero attached hydrogens (tertiary/aromatic N) is 2. The van der Waals surface area contributed by atoms with Gasteiger partial charge in [0.2, 0.25) is 6.29 Å². The van der Waals surface area contributed by atoms with Gasteiger partial charge in [-0.2, -0.15) is 0 Å². The Bertz CT molecular complexity index is 820. The van der Waals surface area contributed by atoms with Crippen LogP contribution in [0.1, 0.15) is 12.5 Å². The van der Waals surface area contributed by atoms with E-state index >= 15 is 0 Å². The summed E-state index contributed by atoms with van der Waals surface area (Å²) in [6, 6.07) is 4.44. The number of rotatable bonds is 2. The molecule has 0 unspecified atom stereocenters. The molecular weight excluding hydrogens is 343 g/mol. The van der Waals surface area contributed by atoms with Crippen molar-refractivity contribution in [3.8, 4) is 23.2 Å². The molecule has 0 saturated carbocycles. The van der Waals surface area contributed by atoms with E-state index in [0.717, 1.165) is 0 Å². The summed E-state index contributed by atoms with van der Waals surface area (Å²) in [5.74, 6) is 5.99. The maximum absolute atomic E-state index is 13.5. The Morgan fingerprint density at radius 3 is 2.60 bits per heavy atom. The minimum Gasteiger partial charge on any atom is -0.341 e. The summed E-state index contributed by atoms with van der Waals surface area (Å²) in [6.07, 6.45) is 6.64. The Kier molecular flexibility index (Phi) is 5.77. The van der Waals surface area contributed by atoms with E-state index < -0.39 is 12.1 Å². The van der Waals surface area contributed by atoms with Crippen LogP contribution in [0.15, 0.2) is 42.7 Å². The maximum atomic E-state index is 13.5. The van der Waals surface area contributed by atoms with Gasteiger partial charge in [-0.3, -0.25) is 0 Å². The van der Waals surface area contributed by atoms with Crippen LogP contribution in [0.4, 0.5) is 4.39 Å². The van der Waals surface area contributed by atoms with Gasteiger partial charge in [0.15, 0.2) is 5.82 Å². The van der Waals surface area contributed by atoms with Crippen molar-refractivity contribution in [3.05, 3.63) is 59.1 Å². The molecule has 0 atom stereocenters. The fourth-order valence-electron chi connectivity index (χ4n) is 2.30. The molecule has 6 heteroatoms. The van der Waals surface area contributed by atoms with E-state index in [-0.39, 0.29) is 10.9 Å². The summed E-state index contributed by atoms with van der Waals surface area (Å²) in [6.45, 7) is 3.14. The number of hydrogen-bond donors (Lipinski definition) is 0. The van der Waals surface area contributed by atoms with Gasteiger partial charge in [0.1, 0.15) is 5.82 Å². The van der Waals surface area contributed by atoms with E-state index in [4.69, 9.17) is 21.1 Å². The average molecular weight is 359 g/mol. The first kappa shape index (κ1) is 17.6. The van der Waals surface area contributed by atoms with Crippen molar-refractivity contribution in [1.82, 2.24) is 9.97 Å². The lowest BCUT2D eigenvalue weighted by Crippen LogP contribution is -2.30. The molecule has 2 aromatic rings. The normalized spacial score (nSPS) is 20.3. The highest BCUT2D eigenvalue weighted by molar-refractivity contribution is 6.30. The first-order valence-corrected chi connectivity index (χ1v) is 8.18. The maximum Gasteiger partial charge on any atom is 0.222 e. The van der Waals surface area contributed by atoms with E-state index in [9.17, 15) is 4.39 Å². The molecule has 1 aliphatic heterocycles. The third-order valence-electron chi connectivity index (χ3n) is 3.55. The molecule has 1 aromatic heterocycles. The fourth-order valence-corrected chi connectivity index (χ4v) is 2.42. The molecule has 1 saturated heterocycles. The first-order chi connectivity index (χ1) is 12.2. The van der Waals surface area contributed by atoms with Crippen LogP contribution in [-0.2, 0) is 9.47 Å². The molecule has 25 heavy (non-hydrogen) atoms. The fraction of sp³-hybridized carbons (Fsp3) is 0.263. The monoisotopic (exact) mass is 358 g/mol. The summed E-state index contributed by atoms with van der Waals surface area (Å²) < 4.78 is 24.6. The van der Waals surface area contributed by atoms with Crippen molar-refractivity contribution in [1.29, 1.82) is 0 Å². The molecule has 128 valence electrons. The van der Waals surface area contributed by atoms with E-state index in [2.05, 4.69) is 27.9 Å². The first-order valence-electron chi connectivity index (χ1n) is 7.80. The lowest BCUT2D eigenvalue weighted by Gasteiger charge is -2.24. The zero-order chi connectivity index (χ0) is 17.6. The zero-order valence-corrected chi connectivity index (χ0v) is 14.3. The Morgan fingerprint density at radius 2 is 1.96 bits per heavy atom. The molecule has 0 spiro atoms. The number of ether oxygens (including phenoxy) is 2. The minimum atomic E-state index is -0.549. The molecule has 0 bridgehead atoms. The summed E-state index contributed by atoms with van der Waals surface area (Å²) in [7, 11) is 0. The smallest absolute Gasteiger partial charge is 0.222 e. The van der Waals surface area contributed by atoms with Crippen molar-refractivity contribution >= 4 is 11.6 Å². The predicted molar refractivity (Wildman–Crippen MR) is 93.3 cm³/mol. The van der Waals surface area contributed by atoms with Gasteiger partial charge in [0.05, 0.1) is 23.8 Å². The average Bonchev–Trinajstić information content (AvgIpc) is 2.64. The van der Waals surface area contributed by atoms with Crippen LogP contribution in [0.25, 0.3) is 11.4 Å². The molecule has 1 aromatic carbocycles. The highest BCUT2D eigenvalue weighted by Crippen LogP contribution is 2.21. The standard InChI is InChI=1S/C19H16ClFN2O2/c1-2-3-14-11-24-18(25-12-14)7-4-13-9-22-19(23-10-13)15-5-6-16(20)17(21)8-15/h2-3,5-6,8-10,14,18H,11-12H2,1H3. The summed E-state index contributed by atoms with van der Waals surface area (Å²) in [4.78, 5) is 8.41. The highest BCUT2D eigenvalue weighted by atomic mass is 35.5. The van der Waals surface area contributed by atoms with Crippen molar-refractivity contribution in [2.75, 3.05) is 13.2 Å². The zero-order valence-electron chi connectivity index (χ0n) is 13.6. The molecule has 2 heterocycles. The van der Waals surface area contributed by atoms with Gasteiger partial charge in [-0.15, -0.1) is 0 Å². The molecule has 0 amide bonds. The number of benzene rings is 1. The number of allylic oxidation sites excluding steroid dienone is 1. The topological polar surface area (TPSA) is 44.2 Å². The molecule has 3 rings (SSSR count). The predicted octanol–water partition coefficient (Wildman–Crippen LogP) is 3.85. The van der Waals surface area contributed by atoms with E-state index in [1.165, 1.54) is 12.1 Å². The SMILES string of the molecule is CC=CC1COC(C#Cc2cnc(-c3ccc(Cl)c(F)c3)nc2)OC1. The Balaban J connectivity index is 1.65. The molecule has 0 aliphatic carbocycles. The van der Waals surface area contributed by atoms with Crippen molar-refractivity contribution in [2.45, 2.75) is 13.2 Å². The van der Waals surface area contributed by atoms with Crippen LogP contribution < -0.4 is 0 Å². The van der Waals surface area contributed by atoms with Crippen LogP contribution in [0.5, 0.6) is 0 Å². The molecule has 4 nitrogen and oxygen atoms in total. The Hall–Kier alpha value is -2.26. The molecule has 1 fully saturated rings. The van der Waals surface area contributed by atoms with E-state index in [1.54, 1.807) is 18.5 Å². The third-order valence-corrected chi connectivity index (χ3v) is 3.86. The van der Waals surface area contributed by atoms with Gasteiger partial charge in [0, 0.05) is 23.9 Å². The minimum absolute atomic E-state index is 0.0652. The Labute approximate surface area is 150 Å². The van der Waals surface area contributed by atoms with E-state index in [1.807, 2.05) is 13.0 Å². The van der Waals surface area contributed by atoms with Gasteiger partial charge < -0.3 is 9.47 Å². The largest absolute Gasteiger partial charge is 0.341 e. The Morgan fingerprint density at radius 1 is 1.24 bits per heavy atom. The van der Waals surface area contributed by atoms with Crippen LogP contribution >= 0.6 is 11.6 Å². The third kappa shape index (κ3) is 4.64. The molecule has 0 N–H and O–H groups in total. The van der Waals surface area contributed by atoms with Gasteiger partial charge in [-0.05, 0) is 31.0 Å². The second-order valence-corrected chi connectivity index (χ2v) is 5.89. The highest BCUT2D eigenvalue weighted by Gasteiger charge is 2.18. The van der Waals surface area contributed by atoms with Crippen LogP contribution in [0.3, 0.4) is 0 Å². The second kappa shape index (κ2) is 8.21. The lowest BCUT2D eigenvalue weighted by molar-refractivity contribution is -0.160. The second-order valence-electron chi connectivity index (χ2n) is 5.48. The molecule has 0 radical (unpaired) electrons. The van der Waals surface area contributed by atoms with Gasteiger partial charge >= 0.3 is 0 Å². The summed E-state index contributed by atoms with van der Waals surface area (Å²) >= 11 is 5.67. The summed E-state index contributed by atoms with van der Waals surface area (Å²) in [5, 5.41) is 0.0652. The lowest BCUT2D eigenvalue weighted by atomic mass is 10.1. The van der Waals surface area contributed by atoms with Gasteiger partial charge in [-0.1, -0.05) is 29.7 Å². The van der Waals surface area contributed by atoms with E-state index in [0.29, 0.717) is 30.2 Å². The van der Waals surface area contributed by atoms with Gasteiger partial charge in [0.25, 0.3) is 0 Å². The van der Waals surface area contributed by atoms with Crippen LogP contribution in [-0.4, -0.2) is 29.5 Å². The summed E-state index contributed by atoms with van der Waals surface area (Å²) in [5.41, 5.74) is 1.18.